The maximum absolute atomic E-state index is 14.1. The molecular weight excluding hydrogens is 205 g/mol. The van der Waals surface area contributed by atoms with Crippen molar-refractivity contribution in [2.75, 3.05) is 7.11 Å². The average molecular weight is 223 g/mol. The summed E-state index contributed by atoms with van der Waals surface area (Å²) in [6.07, 6.45) is 3.87. The number of methoxy groups -OCH3 is 1. The Morgan fingerprint density at radius 2 is 1.94 bits per heavy atom. The van der Waals surface area contributed by atoms with E-state index in [0.717, 1.165) is 25.7 Å². The largest absolute Gasteiger partial charge is 0.497 e. The zero-order chi connectivity index (χ0) is 11.8. The lowest BCUT2D eigenvalue weighted by Gasteiger charge is -2.25. The number of hydrogen-bond acceptors (Lipinski definition) is 2. The van der Waals surface area contributed by atoms with Crippen LogP contribution < -0.4 is 10.5 Å². The van der Waals surface area contributed by atoms with E-state index in [1.54, 1.807) is 26.2 Å². The molecule has 1 aromatic rings. The van der Waals surface area contributed by atoms with Crippen LogP contribution in [0, 0.1) is 12.7 Å². The van der Waals surface area contributed by atoms with Crippen molar-refractivity contribution in [3.05, 3.63) is 29.1 Å². The van der Waals surface area contributed by atoms with Crippen LogP contribution in [-0.4, -0.2) is 7.11 Å². The Bertz CT molecular complexity index is 397. The number of hydrogen-bond donors (Lipinski definition) is 1. The van der Waals surface area contributed by atoms with Crippen molar-refractivity contribution < 1.29 is 9.13 Å². The van der Waals surface area contributed by atoms with Crippen molar-refractivity contribution in [1.29, 1.82) is 0 Å². The van der Waals surface area contributed by atoms with Crippen LogP contribution in [-0.2, 0) is 5.54 Å². The Balaban J connectivity index is 2.50. The predicted octanol–water partition coefficient (Wildman–Crippen LogP) is 2.87. The molecule has 0 saturated heterocycles. The highest BCUT2D eigenvalue weighted by atomic mass is 19.1. The fraction of sp³-hybridized carbons (Fsp3) is 0.538. The van der Waals surface area contributed by atoms with Crippen LogP contribution in [0.15, 0.2) is 12.1 Å². The lowest BCUT2D eigenvalue weighted by Crippen LogP contribution is -2.34. The van der Waals surface area contributed by atoms with Gasteiger partial charge in [0.05, 0.1) is 7.11 Å². The van der Waals surface area contributed by atoms with Crippen molar-refractivity contribution >= 4 is 0 Å². The molecule has 1 saturated carbocycles. The molecule has 2 nitrogen and oxygen atoms in total. The first kappa shape index (κ1) is 11.4. The van der Waals surface area contributed by atoms with Crippen LogP contribution in [0.5, 0.6) is 5.75 Å². The van der Waals surface area contributed by atoms with Gasteiger partial charge in [-0.3, -0.25) is 0 Å². The summed E-state index contributed by atoms with van der Waals surface area (Å²) >= 11 is 0. The monoisotopic (exact) mass is 223 g/mol. The first-order chi connectivity index (χ1) is 7.57. The number of aryl methyl sites for hydroxylation is 1. The third-order valence-electron chi connectivity index (χ3n) is 3.50. The van der Waals surface area contributed by atoms with Gasteiger partial charge in [-0.25, -0.2) is 4.39 Å². The van der Waals surface area contributed by atoms with Crippen LogP contribution >= 0.6 is 0 Å². The molecule has 1 aromatic carbocycles. The summed E-state index contributed by atoms with van der Waals surface area (Å²) in [5, 5.41) is 0. The van der Waals surface area contributed by atoms with E-state index < -0.39 is 5.54 Å². The van der Waals surface area contributed by atoms with Gasteiger partial charge in [-0.05, 0) is 37.5 Å². The highest BCUT2D eigenvalue weighted by molar-refractivity contribution is 5.39. The van der Waals surface area contributed by atoms with Gasteiger partial charge < -0.3 is 10.5 Å². The summed E-state index contributed by atoms with van der Waals surface area (Å²) in [4.78, 5) is 0. The van der Waals surface area contributed by atoms with Gasteiger partial charge in [-0.2, -0.15) is 0 Å². The van der Waals surface area contributed by atoms with Gasteiger partial charge in [0.1, 0.15) is 11.6 Å². The van der Waals surface area contributed by atoms with Crippen LogP contribution in [0.4, 0.5) is 4.39 Å². The second-order valence-electron chi connectivity index (χ2n) is 4.67. The van der Waals surface area contributed by atoms with E-state index in [9.17, 15) is 4.39 Å². The maximum atomic E-state index is 14.1. The van der Waals surface area contributed by atoms with Crippen molar-refractivity contribution in [2.45, 2.75) is 38.1 Å². The summed E-state index contributed by atoms with van der Waals surface area (Å²) in [7, 11) is 1.59. The third-order valence-corrected chi connectivity index (χ3v) is 3.50. The Kier molecular flexibility index (Phi) is 2.89. The van der Waals surface area contributed by atoms with E-state index in [0.29, 0.717) is 16.9 Å². The minimum Gasteiger partial charge on any atom is -0.497 e. The molecule has 0 spiro atoms. The molecule has 16 heavy (non-hydrogen) atoms. The first-order valence-corrected chi connectivity index (χ1v) is 5.70. The Hall–Kier alpha value is -1.09. The molecule has 88 valence electrons. The predicted molar refractivity (Wildman–Crippen MR) is 62.0 cm³/mol. The Labute approximate surface area is 95.6 Å². The molecule has 3 heteroatoms. The van der Waals surface area contributed by atoms with Crippen molar-refractivity contribution in [3.8, 4) is 5.75 Å². The topological polar surface area (TPSA) is 35.2 Å². The smallest absolute Gasteiger partial charge is 0.131 e. The number of benzene rings is 1. The number of rotatable bonds is 2. The highest BCUT2D eigenvalue weighted by Gasteiger charge is 2.34. The van der Waals surface area contributed by atoms with E-state index in [-0.39, 0.29) is 5.82 Å². The molecule has 0 atom stereocenters. The standard InChI is InChI=1S/C13H18FNO/c1-9-7-10(16-2)8-11(12(9)14)13(15)5-3-4-6-13/h7-8H,3-6,15H2,1-2H3. The summed E-state index contributed by atoms with van der Waals surface area (Å²) in [5.74, 6) is 0.510. The molecule has 0 aromatic heterocycles. The lowest BCUT2D eigenvalue weighted by molar-refractivity contribution is 0.398. The van der Waals surface area contributed by atoms with E-state index in [1.807, 2.05) is 0 Å². The van der Waals surface area contributed by atoms with Gasteiger partial charge in [0.2, 0.25) is 0 Å². The summed E-state index contributed by atoms with van der Waals surface area (Å²) in [6.45, 7) is 1.75. The zero-order valence-electron chi connectivity index (χ0n) is 9.85. The molecule has 2 N–H and O–H groups in total. The normalized spacial score (nSPS) is 18.8. The Morgan fingerprint density at radius 3 is 2.50 bits per heavy atom. The molecular formula is C13H18FNO. The zero-order valence-corrected chi connectivity index (χ0v) is 9.85. The van der Waals surface area contributed by atoms with Gasteiger partial charge in [-0.1, -0.05) is 12.8 Å². The van der Waals surface area contributed by atoms with Crippen molar-refractivity contribution in [2.24, 2.45) is 5.73 Å². The molecule has 1 aliphatic carbocycles. The van der Waals surface area contributed by atoms with Gasteiger partial charge >= 0.3 is 0 Å². The molecule has 0 radical (unpaired) electrons. The highest BCUT2D eigenvalue weighted by Crippen LogP contribution is 2.39. The molecule has 0 unspecified atom stereocenters. The fourth-order valence-electron chi connectivity index (χ4n) is 2.49. The first-order valence-electron chi connectivity index (χ1n) is 5.70. The molecule has 1 fully saturated rings. The number of ether oxygens (including phenoxy) is 1. The minimum atomic E-state index is -0.497. The van der Waals surface area contributed by atoms with E-state index in [4.69, 9.17) is 10.5 Å². The van der Waals surface area contributed by atoms with Crippen LogP contribution in [0.1, 0.15) is 36.8 Å². The van der Waals surface area contributed by atoms with Crippen LogP contribution in [0.3, 0.4) is 0 Å². The molecule has 2 rings (SSSR count). The quantitative estimate of drug-likeness (QED) is 0.836. The SMILES string of the molecule is COc1cc(C)c(F)c(C2(N)CCCC2)c1. The number of halogens is 1. The Morgan fingerprint density at radius 1 is 1.31 bits per heavy atom. The van der Waals surface area contributed by atoms with Gasteiger partial charge in [0.15, 0.2) is 0 Å². The van der Waals surface area contributed by atoms with Crippen molar-refractivity contribution in [3.63, 3.8) is 0 Å². The molecule has 1 aliphatic rings. The fourth-order valence-corrected chi connectivity index (χ4v) is 2.49. The molecule has 0 aliphatic heterocycles. The number of nitrogens with two attached hydrogens (primary N) is 1. The second kappa shape index (κ2) is 4.06. The van der Waals surface area contributed by atoms with Crippen LogP contribution in [0.2, 0.25) is 0 Å². The van der Waals surface area contributed by atoms with E-state index in [2.05, 4.69) is 0 Å². The molecule has 0 bridgehead atoms. The van der Waals surface area contributed by atoms with Gasteiger partial charge in [-0.15, -0.1) is 0 Å². The summed E-state index contributed by atoms with van der Waals surface area (Å²) < 4.78 is 19.3. The molecule has 0 heterocycles. The van der Waals surface area contributed by atoms with Gasteiger partial charge in [0.25, 0.3) is 0 Å². The summed E-state index contributed by atoms with van der Waals surface area (Å²) in [6, 6.07) is 3.45. The third kappa shape index (κ3) is 1.80. The molecule has 0 amide bonds. The van der Waals surface area contributed by atoms with Gasteiger partial charge in [0, 0.05) is 11.1 Å². The minimum absolute atomic E-state index is 0.176. The second-order valence-corrected chi connectivity index (χ2v) is 4.67. The summed E-state index contributed by atoms with van der Waals surface area (Å²) in [5.41, 5.74) is 7.00. The lowest BCUT2D eigenvalue weighted by atomic mass is 9.87. The van der Waals surface area contributed by atoms with Crippen LogP contribution in [0.25, 0.3) is 0 Å². The maximum Gasteiger partial charge on any atom is 0.131 e. The average Bonchev–Trinajstić information content (AvgIpc) is 2.70. The van der Waals surface area contributed by atoms with E-state index >= 15 is 0 Å². The van der Waals surface area contributed by atoms with Crippen molar-refractivity contribution in [1.82, 2.24) is 0 Å². The van der Waals surface area contributed by atoms with E-state index in [1.165, 1.54) is 0 Å².